The third kappa shape index (κ3) is 2.33. The summed E-state index contributed by atoms with van der Waals surface area (Å²) in [6, 6.07) is 3.77. The van der Waals surface area contributed by atoms with E-state index in [-0.39, 0.29) is 11.8 Å². The molecule has 0 spiro atoms. The number of aromatic hydroxyl groups is 1. The number of phenols is 1. The van der Waals surface area contributed by atoms with Gasteiger partial charge in [0.05, 0.1) is 11.1 Å². The SMILES string of the molecule is CCOc1cc([C@H](N)C2CC2)cc(Br)c1O. The van der Waals surface area contributed by atoms with Gasteiger partial charge < -0.3 is 15.6 Å². The molecule has 0 unspecified atom stereocenters. The van der Waals surface area contributed by atoms with Crippen molar-refractivity contribution < 1.29 is 9.84 Å². The molecule has 0 heterocycles. The number of halogens is 1. The molecule has 0 aliphatic heterocycles. The Balaban J connectivity index is 2.31. The number of benzene rings is 1. The Morgan fingerprint density at radius 3 is 2.81 bits per heavy atom. The lowest BCUT2D eigenvalue weighted by atomic mass is 10.0. The summed E-state index contributed by atoms with van der Waals surface area (Å²) < 4.78 is 6.02. The highest BCUT2D eigenvalue weighted by Gasteiger charge is 2.30. The summed E-state index contributed by atoms with van der Waals surface area (Å²) in [5.41, 5.74) is 7.15. The van der Waals surface area contributed by atoms with E-state index in [1.807, 2.05) is 19.1 Å². The molecule has 1 aromatic carbocycles. The van der Waals surface area contributed by atoms with Crippen LogP contribution < -0.4 is 10.5 Å². The standard InChI is InChI=1S/C12H16BrNO2/c1-2-16-10-6-8(5-9(13)12(10)15)11(14)7-3-4-7/h5-7,11,15H,2-4,14H2,1H3/t11-/m1/s1. The average molecular weight is 286 g/mol. The molecule has 1 aromatic rings. The molecule has 3 N–H and O–H groups in total. The number of ether oxygens (including phenoxy) is 1. The minimum Gasteiger partial charge on any atom is -0.503 e. The molecule has 0 bridgehead atoms. The van der Waals surface area contributed by atoms with Crippen LogP contribution in [-0.4, -0.2) is 11.7 Å². The summed E-state index contributed by atoms with van der Waals surface area (Å²) in [4.78, 5) is 0. The van der Waals surface area contributed by atoms with Crippen molar-refractivity contribution >= 4 is 15.9 Å². The predicted octanol–water partition coefficient (Wildman–Crippen LogP) is 2.96. The van der Waals surface area contributed by atoms with E-state index in [1.54, 1.807) is 0 Å². The molecule has 1 aliphatic carbocycles. The predicted molar refractivity (Wildman–Crippen MR) is 66.6 cm³/mol. The van der Waals surface area contributed by atoms with Gasteiger partial charge >= 0.3 is 0 Å². The topological polar surface area (TPSA) is 55.5 Å². The van der Waals surface area contributed by atoms with Crippen LogP contribution in [-0.2, 0) is 0 Å². The van der Waals surface area contributed by atoms with Crippen molar-refractivity contribution in [3.05, 3.63) is 22.2 Å². The van der Waals surface area contributed by atoms with E-state index in [4.69, 9.17) is 10.5 Å². The van der Waals surface area contributed by atoms with E-state index >= 15 is 0 Å². The average Bonchev–Trinajstić information content (AvgIpc) is 3.07. The lowest BCUT2D eigenvalue weighted by Crippen LogP contribution is -2.12. The number of hydrogen-bond acceptors (Lipinski definition) is 3. The fraction of sp³-hybridized carbons (Fsp3) is 0.500. The lowest BCUT2D eigenvalue weighted by Gasteiger charge is -2.15. The minimum absolute atomic E-state index is 0.0520. The zero-order valence-electron chi connectivity index (χ0n) is 9.24. The first kappa shape index (κ1) is 11.7. The molecule has 0 aromatic heterocycles. The van der Waals surface area contributed by atoms with E-state index in [1.165, 1.54) is 12.8 Å². The molecule has 1 fully saturated rings. The van der Waals surface area contributed by atoms with Gasteiger partial charge in [0.1, 0.15) is 0 Å². The Kier molecular flexibility index (Phi) is 3.40. The highest BCUT2D eigenvalue weighted by molar-refractivity contribution is 9.10. The maximum atomic E-state index is 9.78. The molecule has 1 saturated carbocycles. The fourth-order valence-corrected chi connectivity index (χ4v) is 2.24. The quantitative estimate of drug-likeness (QED) is 0.894. The van der Waals surface area contributed by atoms with E-state index < -0.39 is 0 Å². The second kappa shape index (κ2) is 4.63. The van der Waals surface area contributed by atoms with Crippen LogP contribution in [0.1, 0.15) is 31.4 Å². The molecule has 3 nitrogen and oxygen atoms in total. The first-order valence-corrected chi connectivity index (χ1v) is 6.33. The summed E-state index contributed by atoms with van der Waals surface area (Å²) in [7, 11) is 0. The van der Waals surface area contributed by atoms with E-state index in [2.05, 4.69) is 15.9 Å². The van der Waals surface area contributed by atoms with Gasteiger partial charge in [-0.15, -0.1) is 0 Å². The molecule has 1 atom stereocenters. The summed E-state index contributed by atoms with van der Waals surface area (Å²) in [5.74, 6) is 1.24. The fourth-order valence-electron chi connectivity index (χ4n) is 1.78. The molecule has 0 amide bonds. The van der Waals surface area contributed by atoms with Gasteiger partial charge in [0.2, 0.25) is 0 Å². The second-order valence-electron chi connectivity index (χ2n) is 4.15. The van der Waals surface area contributed by atoms with Crippen LogP contribution in [0.15, 0.2) is 16.6 Å². The first-order chi connectivity index (χ1) is 7.63. The van der Waals surface area contributed by atoms with Gasteiger partial charge in [-0.05, 0) is 59.3 Å². The second-order valence-corrected chi connectivity index (χ2v) is 5.00. The third-order valence-corrected chi connectivity index (χ3v) is 3.47. The van der Waals surface area contributed by atoms with Gasteiger partial charge in [-0.1, -0.05) is 0 Å². The van der Waals surface area contributed by atoms with E-state index in [0.29, 0.717) is 22.7 Å². The molecular weight excluding hydrogens is 270 g/mol. The molecule has 88 valence electrons. The Morgan fingerprint density at radius 1 is 1.56 bits per heavy atom. The Bertz CT molecular complexity index is 391. The van der Waals surface area contributed by atoms with Gasteiger partial charge in [0.25, 0.3) is 0 Å². The van der Waals surface area contributed by atoms with Crippen LogP contribution in [0, 0.1) is 5.92 Å². The van der Waals surface area contributed by atoms with Crippen molar-refractivity contribution in [2.45, 2.75) is 25.8 Å². The molecular formula is C12H16BrNO2. The van der Waals surface area contributed by atoms with Crippen molar-refractivity contribution in [1.29, 1.82) is 0 Å². The van der Waals surface area contributed by atoms with Gasteiger partial charge in [-0.3, -0.25) is 0 Å². The number of hydrogen-bond donors (Lipinski definition) is 2. The van der Waals surface area contributed by atoms with Crippen LogP contribution in [0.4, 0.5) is 0 Å². The Hall–Kier alpha value is -0.740. The maximum Gasteiger partial charge on any atom is 0.172 e. The molecule has 16 heavy (non-hydrogen) atoms. The van der Waals surface area contributed by atoms with Gasteiger partial charge in [-0.2, -0.15) is 0 Å². The van der Waals surface area contributed by atoms with Crippen LogP contribution in [0.2, 0.25) is 0 Å². The van der Waals surface area contributed by atoms with Crippen LogP contribution in [0.5, 0.6) is 11.5 Å². The summed E-state index contributed by atoms with van der Waals surface area (Å²) in [6.45, 7) is 2.42. The van der Waals surface area contributed by atoms with Crippen LogP contribution >= 0.6 is 15.9 Å². The minimum atomic E-state index is 0.0520. The number of phenolic OH excluding ortho intramolecular Hbond substituents is 1. The van der Waals surface area contributed by atoms with Crippen molar-refractivity contribution in [3.63, 3.8) is 0 Å². The summed E-state index contributed by atoms with van der Waals surface area (Å²) in [5, 5.41) is 9.78. The Labute approximate surface area is 104 Å². The van der Waals surface area contributed by atoms with Gasteiger partial charge in [-0.25, -0.2) is 0 Å². The zero-order chi connectivity index (χ0) is 11.7. The third-order valence-electron chi connectivity index (χ3n) is 2.87. The summed E-state index contributed by atoms with van der Waals surface area (Å²) >= 11 is 3.32. The highest BCUT2D eigenvalue weighted by Crippen LogP contribution is 2.43. The van der Waals surface area contributed by atoms with E-state index in [9.17, 15) is 5.11 Å². The lowest BCUT2D eigenvalue weighted by molar-refractivity contribution is 0.316. The van der Waals surface area contributed by atoms with Crippen molar-refractivity contribution in [2.75, 3.05) is 6.61 Å². The molecule has 0 radical (unpaired) electrons. The maximum absolute atomic E-state index is 9.78. The number of rotatable bonds is 4. The molecule has 0 saturated heterocycles. The molecule has 2 rings (SSSR count). The largest absolute Gasteiger partial charge is 0.503 e. The van der Waals surface area contributed by atoms with Crippen molar-refractivity contribution in [1.82, 2.24) is 0 Å². The zero-order valence-corrected chi connectivity index (χ0v) is 10.8. The monoisotopic (exact) mass is 285 g/mol. The van der Waals surface area contributed by atoms with Crippen LogP contribution in [0.25, 0.3) is 0 Å². The highest BCUT2D eigenvalue weighted by atomic mass is 79.9. The normalized spacial score (nSPS) is 17.2. The van der Waals surface area contributed by atoms with Gasteiger partial charge in [0, 0.05) is 6.04 Å². The molecule has 4 heteroatoms. The van der Waals surface area contributed by atoms with Crippen molar-refractivity contribution in [2.24, 2.45) is 11.7 Å². The van der Waals surface area contributed by atoms with Gasteiger partial charge in [0.15, 0.2) is 11.5 Å². The first-order valence-electron chi connectivity index (χ1n) is 5.54. The Morgan fingerprint density at radius 2 is 2.25 bits per heavy atom. The molecule has 1 aliphatic rings. The smallest absolute Gasteiger partial charge is 0.172 e. The number of nitrogens with two attached hydrogens (primary N) is 1. The summed E-state index contributed by atoms with van der Waals surface area (Å²) in [6.07, 6.45) is 2.40. The van der Waals surface area contributed by atoms with Crippen molar-refractivity contribution in [3.8, 4) is 11.5 Å². The van der Waals surface area contributed by atoms with E-state index in [0.717, 1.165) is 5.56 Å². The van der Waals surface area contributed by atoms with Crippen LogP contribution in [0.3, 0.4) is 0 Å².